The van der Waals surface area contributed by atoms with Gasteiger partial charge in [0.05, 0.1) is 5.69 Å². The largest absolute Gasteiger partial charge is 0.361 e. The molecule has 0 saturated heterocycles. The van der Waals surface area contributed by atoms with Gasteiger partial charge in [-0.25, -0.2) is 4.98 Å². The zero-order valence-corrected chi connectivity index (χ0v) is 24.9. The molecule has 0 saturated carbocycles. The van der Waals surface area contributed by atoms with Crippen molar-refractivity contribution in [2.45, 2.75) is 33.0 Å². The summed E-state index contributed by atoms with van der Waals surface area (Å²) in [5.41, 5.74) is 7.64. The fourth-order valence-corrected chi connectivity index (χ4v) is 5.26. The number of hydrogen-bond acceptors (Lipinski definition) is 6. The molecule has 0 radical (unpaired) electrons. The summed E-state index contributed by atoms with van der Waals surface area (Å²) in [7, 11) is 2.11. The molecule has 0 unspecified atom stereocenters. The van der Waals surface area contributed by atoms with Crippen LogP contribution in [0, 0.1) is 6.92 Å². The molecule has 0 fully saturated rings. The average molecular weight is 562 g/mol. The van der Waals surface area contributed by atoms with E-state index in [1.807, 2.05) is 36.7 Å². The first-order valence-electron chi connectivity index (χ1n) is 14.9. The molecule has 3 aromatic heterocycles. The van der Waals surface area contributed by atoms with E-state index in [0.29, 0.717) is 0 Å². The number of aromatic amines is 1. The summed E-state index contributed by atoms with van der Waals surface area (Å²) < 4.78 is 0. The summed E-state index contributed by atoms with van der Waals surface area (Å²) in [6, 6.07) is 27.7. The SMILES string of the molecule is Cc1cccc2c(CCNCc3ccc(CN(CCNCc4ccccn4)CCN(C)c4ccccn4)cc3)c[nH]c12. The van der Waals surface area contributed by atoms with Crippen molar-refractivity contribution in [2.75, 3.05) is 44.7 Å². The monoisotopic (exact) mass is 561 g/mol. The van der Waals surface area contributed by atoms with Gasteiger partial charge in [0.1, 0.15) is 5.82 Å². The van der Waals surface area contributed by atoms with E-state index in [1.54, 1.807) is 0 Å². The Morgan fingerprint density at radius 3 is 2.31 bits per heavy atom. The summed E-state index contributed by atoms with van der Waals surface area (Å²) in [6.07, 6.45) is 6.87. The number of nitrogens with one attached hydrogen (secondary N) is 3. The number of rotatable bonds is 16. The van der Waals surface area contributed by atoms with Crippen molar-refractivity contribution in [2.24, 2.45) is 0 Å². The lowest BCUT2D eigenvalue weighted by Gasteiger charge is -2.26. The highest BCUT2D eigenvalue weighted by molar-refractivity contribution is 5.85. The molecule has 0 bridgehead atoms. The van der Waals surface area contributed by atoms with Gasteiger partial charge in [-0.15, -0.1) is 0 Å². The Morgan fingerprint density at radius 2 is 1.52 bits per heavy atom. The molecule has 0 aliphatic heterocycles. The Labute approximate surface area is 250 Å². The Kier molecular flexibility index (Phi) is 10.7. The van der Waals surface area contributed by atoms with E-state index in [1.165, 1.54) is 33.2 Å². The normalized spacial score (nSPS) is 11.4. The number of pyridine rings is 2. The summed E-state index contributed by atoms with van der Waals surface area (Å²) >= 11 is 0. The van der Waals surface area contributed by atoms with Gasteiger partial charge in [0, 0.05) is 82.4 Å². The van der Waals surface area contributed by atoms with Gasteiger partial charge >= 0.3 is 0 Å². The van der Waals surface area contributed by atoms with Crippen LogP contribution in [0.3, 0.4) is 0 Å². The van der Waals surface area contributed by atoms with Crippen LogP contribution in [0.15, 0.2) is 97.5 Å². The van der Waals surface area contributed by atoms with Crippen molar-refractivity contribution >= 4 is 16.7 Å². The molecule has 0 aliphatic carbocycles. The minimum atomic E-state index is 0.782. The van der Waals surface area contributed by atoms with E-state index < -0.39 is 0 Å². The topological polar surface area (TPSA) is 72.1 Å². The first-order chi connectivity index (χ1) is 20.7. The Morgan fingerprint density at radius 1 is 0.738 bits per heavy atom. The minimum absolute atomic E-state index is 0.782. The maximum Gasteiger partial charge on any atom is 0.128 e. The van der Waals surface area contributed by atoms with E-state index in [-0.39, 0.29) is 0 Å². The molecular formula is C35H43N7. The third-order valence-corrected chi connectivity index (χ3v) is 7.77. The molecule has 0 atom stereocenters. The van der Waals surface area contributed by atoms with Gasteiger partial charge in [-0.05, 0) is 66.4 Å². The van der Waals surface area contributed by atoms with Gasteiger partial charge in [-0.3, -0.25) is 9.88 Å². The maximum absolute atomic E-state index is 4.50. The molecule has 3 N–H and O–H groups in total. The minimum Gasteiger partial charge on any atom is -0.361 e. The standard InChI is InChI=1S/C35H43N7/c1-28-8-7-10-33-31(25-40-35(28)33)16-19-36-24-29-12-14-30(15-13-29)27-42(21-20-37-26-32-9-3-5-17-38-32)23-22-41(2)34-11-4-6-18-39-34/h3-15,17-18,25,36-37,40H,16,19-24,26-27H2,1-2H3. The molecule has 5 rings (SSSR count). The van der Waals surface area contributed by atoms with Crippen LogP contribution in [0.2, 0.25) is 0 Å². The van der Waals surface area contributed by atoms with Crippen molar-refractivity contribution in [1.29, 1.82) is 0 Å². The number of anilines is 1. The fourth-order valence-electron chi connectivity index (χ4n) is 5.26. The summed E-state index contributed by atoms with van der Waals surface area (Å²) in [4.78, 5) is 17.1. The third-order valence-electron chi connectivity index (χ3n) is 7.77. The predicted octanol–water partition coefficient (Wildman–Crippen LogP) is 5.33. The average Bonchev–Trinajstić information content (AvgIpc) is 3.46. The van der Waals surface area contributed by atoms with E-state index in [0.717, 1.165) is 70.3 Å². The Hall–Kier alpha value is -4.04. The number of para-hydroxylation sites is 1. The lowest BCUT2D eigenvalue weighted by Crippen LogP contribution is -2.37. The quantitative estimate of drug-likeness (QED) is 0.142. The number of nitrogens with zero attached hydrogens (tertiary/aromatic N) is 4. The molecule has 0 amide bonds. The molecule has 218 valence electrons. The van der Waals surface area contributed by atoms with Gasteiger partial charge in [0.2, 0.25) is 0 Å². The molecule has 2 aromatic carbocycles. The van der Waals surface area contributed by atoms with Gasteiger partial charge in [0.25, 0.3) is 0 Å². The van der Waals surface area contributed by atoms with Crippen molar-refractivity contribution < 1.29 is 0 Å². The molecular weight excluding hydrogens is 518 g/mol. The number of hydrogen-bond donors (Lipinski definition) is 3. The van der Waals surface area contributed by atoms with Crippen LogP contribution >= 0.6 is 0 Å². The molecule has 7 nitrogen and oxygen atoms in total. The van der Waals surface area contributed by atoms with Crippen molar-refractivity contribution in [3.63, 3.8) is 0 Å². The second-order valence-electron chi connectivity index (χ2n) is 10.9. The Balaban J connectivity index is 1.10. The predicted molar refractivity (Wildman–Crippen MR) is 174 cm³/mol. The first-order valence-corrected chi connectivity index (χ1v) is 14.9. The van der Waals surface area contributed by atoms with E-state index >= 15 is 0 Å². The molecule has 7 heteroatoms. The van der Waals surface area contributed by atoms with Crippen molar-refractivity contribution in [3.05, 3.63) is 125 Å². The van der Waals surface area contributed by atoms with E-state index in [2.05, 4.69) is 110 Å². The third kappa shape index (κ3) is 8.49. The maximum atomic E-state index is 4.50. The van der Waals surface area contributed by atoms with Gasteiger partial charge in [-0.1, -0.05) is 54.6 Å². The summed E-state index contributed by atoms with van der Waals surface area (Å²) in [6.45, 7) is 9.40. The summed E-state index contributed by atoms with van der Waals surface area (Å²) in [5.74, 6) is 1.00. The number of fused-ring (bicyclic) bond motifs is 1. The number of aromatic nitrogens is 3. The number of aryl methyl sites for hydroxylation is 1. The van der Waals surface area contributed by atoms with Crippen LogP contribution < -0.4 is 15.5 Å². The van der Waals surface area contributed by atoms with Gasteiger partial charge in [0.15, 0.2) is 0 Å². The fraction of sp³-hybridized carbons (Fsp3) is 0.314. The van der Waals surface area contributed by atoms with Crippen LogP contribution in [0.1, 0.15) is 27.9 Å². The van der Waals surface area contributed by atoms with Crippen LogP contribution in [0.25, 0.3) is 10.9 Å². The number of H-pyrrole nitrogens is 1. The molecule has 0 aliphatic rings. The van der Waals surface area contributed by atoms with Crippen LogP contribution in [-0.4, -0.2) is 59.6 Å². The lowest BCUT2D eigenvalue weighted by atomic mass is 10.1. The lowest BCUT2D eigenvalue weighted by molar-refractivity contribution is 0.270. The highest BCUT2D eigenvalue weighted by Gasteiger charge is 2.10. The van der Waals surface area contributed by atoms with Crippen LogP contribution in [0.4, 0.5) is 5.82 Å². The smallest absolute Gasteiger partial charge is 0.128 e. The molecule has 5 aromatic rings. The molecule has 3 heterocycles. The zero-order chi connectivity index (χ0) is 29.0. The van der Waals surface area contributed by atoms with Crippen LogP contribution in [0.5, 0.6) is 0 Å². The van der Waals surface area contributed by atoms with E-state index in [4.69, 9.17) is 0 Å². The van der Waals surface area contributed by atoms with Gasteiger partial charge < -0.3 is 20.5 Å². The number of likely N-dealkylation sites (N-methyl/N-ethyl adjacent to an activating group) is 1. The summed E-state index contributed by atoms with van der Waals surface area (Å²) in [5, 5.41) is 8.52. The van der Waals surface area contributed by atoms with Crippen molar-refractivity contribution in [1.82, 2.24) is 30.5 Å². The Bertz CT molecular complexity index is 1480. The first kappa shape index (κ1) is 29.5. The second-order valence-corrected chi connectivity index (χ2v) is 10.9. The molecule has 0 spiro atoms. The van der Waals surface area contributed by atoms with Gasteiger partial charge in [-0.2, -0.15) is 0 Å². The number of benzene rings is 2. The highest BCUT2D eigenvalue weighted by Crippen LogP contribution is 2.21. The van der Waals surface area contributed by atoms with E-state index in [9.17, 15) is 0 Å². The highest BCUT2D eigenvalue weighted by atomic mass is 15.2. The van der Waals surface area contributed by atoms with Crippen molar-refractivity contribution in [3.8, 4) is 0 Å². The zero-order valence-electron chi connectivity index (χ0n) is 24.9. The molecule has 42 heavy (non-hydrogen) atoms. The van der Waals surface area contributed by atoms with Crippen LogP contribution in [-0.2, 0) is 26.1 Å². The second kappa shape index (κ2) is 15.3.